The molecule has 3 atom stereocenters. The molecule has 152 valence electrons. The van der Waals surface area contributed by atoms with E-state index in [1.807, 2.05) is 0 Å². The summed E-state index contributed by atoms with van der Waals surface area (Å²) in [6.07, 6.45) is 8.79. The lowest BCUT2D eigenvalue weighted by Gasteiger charge is -2.62. The number of amides is 1. The number of sulfonamides is 1. The van der Waals surface area contributed by atoms with Crippen molar-refractivity contribution in [1.82, 2.24) is 9.62 Å². The van der Waals surface area contributed by atoms with Crippen LogP contribution >= 0.6 is 11.6 Å². The van der Waals surface area contributed by atoms with Crippen LogP contribution in [0.4, 0.5) is 0 Å². The minimum Gasteiger partial charge on any atom is -0.351 e. The maximum Gasteiger partial charge on any atom is 0.245 e. The number of nitrogens with one attached hydrogen (secondary N) is 1. The van der Waals surface area contributed by atoms with Gasteiger partial charge in [0.1, 0.15) is 10.9 Å². The first kappa shape index (κ1) is 18.9. The summed E-state index contributed by atoms with van der Waals surface area (Å²) in [5.41, 5.74) is 0.571. The predicted octanol–water partition coefficient (Wildman–Crippen LogP) is 3.58. The molecule has 1 spiro atoms. The van der Waals surface area contributed by atoms with Gasteiger partial charge in [0.25, 0.3) is 0 Å². The first-order chi connectivity index (χ1) is 13.4. The van der Waals surface area contributed by atoms with Crippen molar-refractivity contribution in [2.45, 2.75) is 68.3 Å². The smallest absolute Gasteiger partial charge is 0.245 e. The first-order valence-corrected chi connectivity index (χ1v) is 12.3. The summed E-state index contributed by atoms with van der Waals surface area (Å²) >= 11 is 6.15. The highest BCUT2D eigenvalue weighted by Gasteiger charge is 2.57. The number of benzene rings is 1. The Kier molecular flexibility index (Phi) is 4.53. The van der Waals surface area contributed by atoms with Crippen LogP contribution in [0.1, 0.15) is 51.4 Å². The van der Waals surface area contributed by atoms with E-state index in [-0.39, 0.29) is 21.9 Å². The summed E-state index contributed by atoms with van der Waals surface area (Å²) in [4.78, 5) is 13.2. The molecule has 1 aliphatic heterocycles. The summed E-state index contributed by atoms with van der Waals surface area (Å²) in [5, 5.41) is 3.49. The van der Waals surface area contributed by atoms with E-state index in [4.69, 9.17) is 11.6 Å². The topological polar surface area (TPSA) is 66.5 Å². The molecule has 1 aromatic rings. The molecule has 1 saturated heterocycles. The molecule has 0 aromatic heterocycles. The standard InChI is InChI=1S/C21H27ClN2O3S/c22-16-6-1-2-8-18(16)28(26,27)24-10-4-7-17(24)20(25)23-19-14-5-3-9-21(11-14)12-15(19)13-21/h1-2,6,8,14-15,17,19H,3-5,7,9-13H2,(H,23,25). The number of hydrogen-bond donors (Lipinski definition) is 1. The van der Waals surface area contributed by atoms with Gasteiger partial charge < -0.3 is 5.32 Å². The van der Waals surface area contributed by atoms with E-state index in [1.165, 1.54) is 48.9 Å². The second-order valence-corrected chi connectivity index (χ2v) is 11.5. The van der Waals surface area contributed by atoms with Gasteiger partial charge in [0.2, 0.25) is 15.9 Å². The van der Waals surface area contributed by atoms with Crippen LogP contribution in [0.2, 0.25) is 5.02 Å². The summed E-state index contributed by atoms with van der Waals surface area (Å²) in [7, 11) is -3.79. The minimum atomic E-state index is -3.79. The van der Waals surface area contributed by atoms with Crippen molar-refractivity contribution in [2.24, 2.45) is 17.3 Å². The van der Waals surface area contributed by atoms with E-state index in [0.717, 1.165) is 0 Å². The lowest BCUT2D eigenvalue weighted by molar-refractivity contribution is -0.134. The molecule has 5 nitrogen and oxygen atoms in total. The first-order valence-electron chi connectivity index (χ1n) is 10.5. The Balaban J connectivity index is 1.34. The third-order valence-electron chi connectivity index (χ3n) is 7.62. The molecule has 5 fully saturated rings. The van der Waals surface area contributed by atoms with Crippen LogP contribution in [-0.4, -0.2) is 37.3 Å². The molecule has 5 aliphatic rings. The second-order valence-electron chi connectivity index (χ2n) is 9.26. The van der Waals surface area contributed by atoms with Crippen LogP contribution in [0.15, 0.2) is 29.2 Å². The van der Waals surface area contributed by atoms with E-state index in [0.29, 0.717) is 36.6 Å². The van der Waals surface area contributed by atoms with Crippen molar-refractivity contribution in [2.75, 3.05) is 6.54 Å². The maximum atomic E-state index is 13.2. The van der Waals surface area contributed by atoms with Crippen molar-refractivity contribution >= 4 is 27.5 Å². The Bertz CT molecular complexity index is 897. The molecular weight excluding hydrogens is 396 g/mol. The lowest BCUT2D eigenvalue weighted by Crippen LogP contribution is -2.62. The molecule has 6 rings (SSSR count). The van der Waals surface area contributed by atoms with Crippen molar-refractivity contribution in [1.29, 1.82) is 0 Å². The molecule has 4 aliphatic carbocycles. The number of rotatable bonds is 4. The fourth-order valence-electron chi connectivity index (χ4n) is 6.43. The predicted molar refractivity (Wildman–Crippen MR) is 107 cm³/mol. The zero-order valence-corrected chi connectivity index (χ0v) is 17.5. The van der Waals surface area contributed by atoms with Crippen LogP contribution in [0.3, 0.4) is 0 Å². The molecule has 1 aromatic carbocycles. The molecule has 7 heteroatoms. The van der Waals surface area contributed by atoms with Crippen molar-refractivity contribution in [3.05, 3.63) is 29.3 Å². The molecule has 4 saturated carbocycles. The lowest BCUT2D eigenvalue weighted by atomic mass is 9.45. The van der Waals surface area contributed by atoms with E-state index in [1.54, 1.807) is 18.2 Å². The van der Waals surface area contributed by atoms with Gasteiger partial charge in [-0.15, -0.1) is 0 Å². The van der Waals surface area contributed by atoms with Crippen LogP contribution in [-0.2, 0) is 14.8 Å². The van der Waals surface area contributed by atoms with Crippen molar-refractivity contribution in [3.63, 3.8) is 0 Å². The highest BCUT2D eigenvalue weighted by molar-refractivity contribution is 7.89. The Morgan fingerprint density at radius 1 is 1.11 bits per heavy atom. The van der Waals surface area contributed by atoms with Crippen LogP contribution in [0, 0.1) is 17.3 Å². The Morgan fingerprint density at radius 2 is 1.86 bits per heavy atom. The molecule has 1 heterocycles. The molecular formula is C21H27ClN2O3S. The molecule has 3 bridgehead atoms. The average Bonchev–Trinajstić information content (AvgIpc) is 3.14. The van der Waals surface area contributed by atoms with E-state index in [9.17, 15) is 13.2 Å². The normalized spacial score (nSPS) is 37.3. The zero-order valence-electron chi connectivity index (χ0n) is 15.9. The summed E-state index contributed by atoms with van der Waals surface area (Å²) < 4.78 is 27.7. The van der Waals surface area contributed by atoms with Gasteiger partial charge in [-0.2, -0.15) is 4.31 Å². The summed E-state index contributed by atoms with van der Waals surface area (Å²) in [6, 6.07) is 6.06. The summed E-state index contributed by atoms with van der Waals surface area (Å²) in [5.74, 6) is 1.03. The average molecular weight is 423 g/mol. The third kappa shape index (κ3) is 2.91. The monoisotopic (exact) mass is 422 g/mol. The fourth-order valence-corrected chi connectivity index (χ4v) is 8.59. The van der Waals surface area contributed by atoms with E-state index < -0.39 is 16.1 Å². The fraction of sp³-hybridized carbons (Fsp3) is 0.667. The van der Waals surface area contributed by atoms with Gasteiger partial charge in [0.05, 0.1) is 5.02 Å². The Labute approximate surface area is 171 Å². The highest BCUT2D eigenvalue weighted by atomic mass is 35.5. The molecule has 3 unspecified atom stereocenters. The van der Waals surface area contributed by atoms with Gasteiger partial charge in [0.15, 0.2) is 0 Å². The van der Waals surface area contributed by atoms with Gasteiger partial charge >= 0.3 is 0 Å². The van der Waals surface area contributed by atoms with E-state index in [2.05, 4.69) is 5.32 Å². The molecule has 28 heavy (non-hydrogen) atoms. The molecule has 0 radical (unpaired) electrons. The Morgan fingerprint density at radius 3 is 2.64 bits per heavy atom. The quantitative estimate of drug-likeness (QED) is 0.806. The highest BCUT2D eigenvalue weighted by Crippen LogP contribution is 2.63. The van der Waals surface area contributed by atoms with Gasteiger partial charge in [0, 0.05) is 12.6 Å². The van der Waals surface area contributed by atoms with E-state index >= 15 is 0 Å². The number of halogens is 1. The number of carbonyl (C=O) groups is 1. The third-order valence-corrected chi connectivity index (χ3v) is 10.0. The van der Waals surface area contributed by atoms with Crippen molar-refractivity contribution < 1.29 is 13.2 Å². The zero-order chi connectivity index (χ0) is 19.5. The van der Waals surface area contributed by atoms with Gasteiger partial charge in [-0.05, 0) is 74.3 Å². The molecule has 1 amide bonds. The number of hydrogen-bond acceptors (Lipinski definition) is 3. The van der Waals surface area contributed by atoms with Gasteiger partial charge in [-0.1, -0.05) is 30.2 Å². The maximum absolute atomic E-state index is 13.2. The molecule has 1 N–H and O–H groups in total. The van der Waals surface area contributed by atoms with Gasteiger partial charge in [-0.3, -0.25) is 4.79 Å². The van der Waals surface area contributed by atoms with Crippen LogP contribution in [0.5, 0.6) is 0 Å². The van der Waals surface area contributed by atoms with Crippen molar-refractivity contribution in [3.8, 4) is 0 Å². The summed E-state index contributed by atoms with van der Waals surface area (Å²) in [6.45, 7) is 0.367. The number of nitrogens with zero attached hydrogens (tertiary/aromatic N) is 1. The minimum absolute atomic E-state index is 0.0880. The van der Waals surface area contributed by atoms with Crippen LogP contribution < -0.4 is 5.32 Å². The Hall–Kier alpha value is -1.11. The SMILES string of the molecule is O=C(NC1C2CCCC3(C2)CC1C3)C1CCCN1S(=O)(=O)c1ccccc1Cl. The second kappa shape index (κ2) is 6.71. The van der Waals surface area contributed by atoms with Gasteiger partial charge in [-0.25, -0.2) is 8.42 Å². The number of carbonyl (C=O) groups excluding carboxylic acids is 1. The van der Waals surface area contributed by atoms with Crippen LogP contribution in [0.25, 0.3) is 0 Å². The largest absolute Gasteiger partial charge is 0.351 e.